The van der Waals surface area contributed by atoms with Gasteiger partial charge in [0.05, 0.1) is 0 Å². The summed E-state index contributed by atoms with van der Waals surface area (Å²) in [7, 11) is 0. The van der Waals surface area contributed by atoms with E-state index in [0.717, 1.165) is 10.0 Å². The van der Waals surface area contributed by atoms with Crippen LogP contribution in [0.15, 0.2) is 33.5 Å². The van der Waals surface area contributed by atoms with Gasteiger partial charge in [-0.05, 0) is 30.7 Å². The Balaban J connectivity index is 3.43. The fraction of sp³-hybridized carbons (Fsp3) is 0.125. The molecule has 0 radical (unpaired) electrons. The maximum atomic E-state index is 11.0. The van der Waals surface area contributed by atoms with Crippen LogP contribution >= 0.6 is 15.9 Å². The van der Waals surface area contributed by atoms with Gasteiger partial charge in [0.2, 0.25) is 0 Å². The lowest BCUT2D eigenvalue weighted by atomic mass is 10.3. The maximum absolute atomic E-state index is 11.0. The quantitative estimate of drug-likeness (QED) is 0.625. The van der Waals surface area contributed by atoms with Gasteiger partial charge in [0.25, 0.3) is 0 Å². The fourth-order valence-corrected chi connectivity index (χ4v) is 0.893. The predicted molar refractivity (Wildman–Crippen MR) is 45.1 cm³/mol. The molecule has 0 amide bonds. The highest BCUT2D eigenvalue weighted by molar-refractivity contribution is 9.10. The van der Waals surface area contributed by atoms with E-state index in [2.05, 4.69) is 15.9 Å². The van der Waals surface area contributed by atoms with Gasteiger partial charge in [0.1, 0.15) is 0 Å². The summed E-state index contributed by atoms with van der Waals surface area (Å²) in [6.07, 6.45) is 0. The summed E-state index contributed by atoms with van der Waals surface area (Å²) >= 11 is 3.27. The molecule has 0 fully saturated rings. The molecule has 0 saturated carbocycles. The van der Waals surface area contributed by atoms with Gasteiger partial charge >= 0.3 is 0 Å². The normalized spacial score (nSPS) is 9.40. The molecule has 0 spiro atoms. The summed E-state index contributed by atoms with van der Waals surface area (Å²) in [4.78, 5) is 11.0. The van der Waals surface area contributed by atoms with Crippen molar-refractivity contribution >= 4 is 15.9 Å². The molecule has 0 aliphatic rings. The van der Waals surface area contributed by atoms with Gasteiger partial charge in [-0.1, -0.05) is 22.0 Å². The second kappa shape index (κ2) is 2.97. The number of rotatable bonds is 0. The molecular weight excluding hydrogens is 192 g/mol. The van der Waals surface area contributed by atoms with Crippen molar-refractivity contribution in [3.63, 3.8) is 0 Å². The van der Waals surface area contributed by atoms with Crippen LogP contribution in [0.1, 0.15) is 5.56 Å². The van der Waals surface area contributed by atoms with E-state index in [1.807, 2.05) is 6.07 Å². The average molecular weight is 199 g/mol. The Kier molecular flexibility index (Phi) is 2.22. The largest absolute Gasteiger partial charge is 0.290 e. The molecule has 0 aromatic heterocycles. The third-order valence-electron chi connectivity index (χ3n) is 1.28. The number of hydrogen-bond acceptors (Lipinski definition) is 1. The minimum absolute atomic E-state index is 0.0747. The minimum atomic E-state index is 0.0747. The molecule has 0 unspecified atom stereocenters. The molecule has 10 heavy (non-hydrogen) atoms. The van der Waals surface area contributed by atoms with Crippen LogP contribution in [0, 0.1) is 6.92 Å². The van der Waals surface area contributed by atoms with Gasteiger partial charge in [0, 0.05) is 4.47 Å². The molecule has 0 bridgehead atoms. The minimum Gasteiger partial charge on any atom is -0.290 e. The van der Waals surface area contributed by atoms with E-state index in [1.54, 1.807) is 25.1 Å². The van der Waals surface area contributed by atoms with E-state index in [1.165, 1.54) is 0 Å². The van der Waals surface area contributed by atoms with Crippen LogP contribution < -0.4 is 5.43 Å². The highest BCUT2D eigenvalue weighted by Crippen LogP contribution is 2.04. The highest BCUT2D eigenvalue weighted by atomic mass is 79.9. The van der Waals surface area contributed by atoms with Crippen molar-refractivity contribution in [3.05, 3.63) is 44.5 Å². The van der Waals surface area contributed by atoms with Crippen LogP contribution in [0.2, 0.25) is 0 Å². The van der Waals surface area contributed by atoms with Crippen molar-refractivity contribution in [2.45, 2.75) is 6.92 Å². The van der Waals surface area contributed by atoms with E-state index in [9.17, 15) is 4.79 Å². The molecule has 1 aromatic carbocycles. The van der Waals surface area contributed by atoms with Crippen LogP contribution in [0.4, 0.5) is 0 Å². The summed E-state index contributed by atoms with van der Waals surface area (Å²) in [6, 6.07) is 6.96. The summed E-state index contributed by atoms with van der Waals surface area (Å²) < 4.78 is 0.928. The Hall–Kier alpha value is -0.630. The zero-order valence-electron chi connectivity index (χ0n) is 5.60. The molecule has 2 heteroatoms. The molecule has 0 N–H and O–H groups in total. The van der Waals surface area contributed by atoms with E-state index >= 15 is 0 Å². The third kappa shape index (κ3) is 1.67. The predicted octanol–water partition coefficient (Wildman–Crippen LogP) is 2.12. The van der Waals surface area contributed by atoms with Crippen molar-refractivity contribution in [1.29, 1.82) is 0 Å². The standard InChI is InChI=1S/C8H7BrO/c1-6-2-3-7(9)4-5-8(6)10/h2-5H,1H3. The van der Waals surface area contributed by atoms with Crippen molar-refractivity contribution < 1.29 is 0 Å². The van der Waals surface area contributed by atoms with E-state index < -0.39 is 0 Å². The van der Waals surface area contributed by atoms with Crippen LogP contribution in [0.3, 0.4) is 0 Å². The van der Waals surface area contributed by atoms with Crippen molar-refractivity contribution in [2.24, 2.45) is 0 Å². The Labute approximate surface area is 67.8 Å². The highest BCUT2D eigenvalue weighted by Gasteiger charge is 1.87. The van der Waals surface area contributed by atoms with Gasteiger partial charge in [0.15, 0.2) is 5.43 Å². The van der Waals surface area contributed by atoms with Crippen molar-refractivity contribution in [1.82, 2.24) is 0 Å². The first-order valence-electron chi connectivity index (χ1n) is 2.96. The molecule has 0 aliphatic carbocycles. The van der Waals surface area contributed by atoms with E-state index in [0.29, 0.717) is 0 Å². The average Bonchev–Trinajstić information content (AvgIpc) is 2.04. The Morgan fingerprint density at radius 1 is 1.20 bits per heavy atom. The monoisotopic (exact) mass is 198 g/mol. The van der Waals surface area contributed by atoms with Gasteiger partial charge in [-0.15, -0.1) is 0 Å². The molecule has 1 nitrogen and oxygen atoms in total. The summed E-state index contributed by atoms with van der Waals surface area (Å²) in [5.41, 5.74) is 0.844. The summed E-state index contributed by atoms with van der Waals surface area (Å²) in [5, 5.41) is 0. The molecule has 0 atom stereocenters. The zero-order chi connectivity index (χ0) is 7.56. The zero-order valence-corrected chi connectivity index (χ0v) is 7.18. The lowest BCUT2D eigenvalue weighted by Gasteiger charge is -1.75. The fourth-order valence-electron chi connectivity index (χ4n) is 0.629. The van der Waals surface area contributed by atoms with Crippen LogP contribution in [0.25, 0.3) is 0 Å². The van der Waals surface area contributed by atoms with Crippen LogP contribution in [-0.4, -0.2) is 0 Å². The first-order valence-corrected chi connectivity index (χ1v) is 3.76. The first kappa shape index (κ1) is 7.48. The van der Waals surface area contributed by atoms with Crippen molar-refractivity contribution in [2.75, 3.05) is 0 Å². The van der Waals surface area contributed by atoms with Gasteiger partial charge in [-0.25, -0.2) is 0 Å². The second-order valence-electron chi connectivity index (χ2n) is 2.10. The van der Waals surface area contributed by atoms with E-state index in [4.69, 9.17) is 0 Å². The van der Waals surface area contributed by atoms with Crippen LogP contribution in [0.5, 0.6) is 0 Å². The molecule has 1 aromatic rings. The number of hydrogen-bond donors (Lipinski definition) is 0. The smallest absolute Gasteiger partial charge is 0.181 e. The molecule has 1 rings (SSSR count). The van der Waals surface area contributed by atoms with E-state index in [-0.39, 0.29) is 5.43 Å². The van der Waals surface area contributed by atoms with Gasteiger partial charge in [-0.3, -0.25) is 4.79 Å². The number of aryl methyl sites for hydroxylation is 1. The molecule has 0 saturated heterocycles. The number of halogens is 1. The lowest BCUT2D eigenvalue weighted by molar-refractivity contribution is 1.43. The topological polar surface area (TPSA) is 17.1 Å². The van der Waals surface area contributed by atoms with Gasteiger partial charge in [-0.2, -0.15) is 0 Å². The Morgan fingerprint density at radius 2 is 1.80 bits per heavy atom. The maximum Gasteiger partial charge on any atom is 0.181 e. The SMILES string of the molecule is Cc1ccc(Br)ccc1=O. The van der Waals surface area contributed by atoms with Crippen molar-refractivity contribution in [3.8, 4) is 0 Å². The summed E-state index contributed by atoms with van der Waals surface area (Å²) in [6.45, 7) is 1.80. The first-order chi connectivity index (χ1) is 4.70. The summed E-state index contributed by atoms with van der Waals surface area (Å²) in [5.74, 6) is 0. The molecule has 52 valence electrons. The molecular formula is C8H7BrO. The molecule has 0 heterocycles. The third-order valence-corrected chi connectivity index (χ3v) is 1.80. The van der Waals surface area contributed by atoms with Crippen LogP contribution in [-0.2, 0) is 0 Å². The lowest BCUT2D eigenvalue weighted by Crippen LogP contribution is -1.96. The Morgan fingerprint density at radius 3 is 2.50 bits per heavy atom. The second-order valence-corrected chi connectivity index (χ2v) is 3.01. The molecule has 0 aliphatic heterocycles. The Bertz CT molecular complexity index is 293. The van der Waals surface area contributed by atoms with Gasteiger partial charge < -0.3 is 0 Å².